The van der Waals surface area contributed by atoms with E-state index in [0.717, 1.165) is 5.56 Å². The lowest BCUT2D eigenvalue weighted by molar-refractivity contribution is 0.190. The molecule has 0 amide bonds. The molecule has 0 bridgehead atoms. The molecule has 106 valence electrons. The molecular weight excluding hydrogens is 238 g/mol. The molecule has 1 saturated carbocycles. The zero-order valence-electron chi connectivity index (χ0n) is 12.1. The van der Waals surface area contributed by atoms with Crippen LogP contribution in [0.5, 0.6) is 11.5 Å². The van der Waals surface area contributed by atoms with Crippen LogP contribution in [0, 0.1) is 5.41 Å². The first kappa shape index (κ1) is 14.2. The quantitative estimate of drug-likeness (QED) is 0.779. The smallest absolute Gasteiger partial charge is 0.124 e. The molecule has 2 atom stereocenters. The molecule has 1 aliphatic rings. The van der Waals surface area contributed by atoms with Gasteiger partial charge in [-0.3, -0.25) is 0 Å². The van der Waals surface area contributed by atoms with Gasteiger partial charge in [0.05, 0.1) is 0 Å². The van der Waals surface area contributed by atoms with Crippen molar-refractivity contribution in [2.24, 2.45) is 5.41 Å². The van der Waals surface area contributed by atoms with E-state index in [1.807, 2.05) is 0 Å². The molecule has 2 unspecified atom stereocenters. The van der Waals surface area contributed by atoms with Crippen molar-refractivity contribution in [1.82, 2.24) is 5.32 Å². The first-order chi connectivity index (χ1) is 8.87. The highest BCUT2D eigenvalue weighted by atomic mass is 16.3. The Labute approximate surface area is 115 Å². The van der Waals surface area contributed by atoms with Crippen molar-refractivity contribution in [2.75, 3.05) is 0 Å². The minimum Gasteiger partial charge on any atom is -0.508 e. The zero-order valence-corrected chi connectivity index (χ0v) is 12.1. The summed E-state index contributed by atoms with van der Waals surface area (Å²) >= 11 is 0. The Morgan fingerprint density at radius 3 is 2.68 bits per heavy atom. The SMILES string of the molecule is CC(NC1CCCC(C)(C)C1)c1ccc(O)cc1O. The number of phenolic OH excluding ortho intramolecular Hbond substituents is 2. The fourth-order valence-electron chi connectivity index (χ4n) is 3.18. The van der Waals surface area contributed by atoms with Crippen molar-refractivity contribution < 1.29 is 10.2 Å². The standard InChI is InChI=1S/C16H25NO2/c1-11(14-7-6-13(18)9-15(14)19)17-12-5-4-8-16(2,3)10-12/h6-7,9,11-12,17-19H,4-5,8,10H2,1-3H3. The molecule has 3 N–H and O–H groups in total. The van der Waals surface area contributed by atoms with Crippen LogP contribution in [0.2, 0.25) is 0 Å². The van der Waals surface area contributed by atoms with Gasteiger partial charge in [0.1, 0.15) is 11.5 Å². The van der Waals surface area contributed by atoms with E-state index in [4.69, 9.17) is 0 Å². The maximum atomic E-state index is 9.89. The van der Waals surface area contributed by atoms with Crippen LogP contribution in [0.25, 0.3) is 0 Å². The Morgan fingerprint density at radius 1 is 1.32 bits per heavy atom. The van der Waals surface area contributed by atoms with Gasteiger partial charge in [-0.2, -0.15) is 0 Å². The van der Waals surface area contributed by atoms with Gasteiger partial charge in [-0.05, 0) is 37.7 Å². The van der Waals surface area contributed by atoms with Crippen LogP contribution in [-0.4, -0.2) is 16.3 Å². The number of aromatic hydroxyl groups is 2. The lowest BCUT2D eigenvalue weighted by Crippen LogP contribution is -2.38. The zero-order chi connectivity index (χ0) is 14.0. The van der Waals surface area contributed by atoms with Crippen LogP contribution in [-0.2, 0) is 0 Å². The lowest BCUT2D eigenvalue weighted by atomic mass is 9.75. The Hall–Kier alpha value is -1.22. The Morgan fingerprint density at radius 2 is 2.05 bits per heavy atom. The highest BCUT2D eigenvalue weighted by Gasteiger charge is 2.28. The first-order valence-electron chi connectivity index (χ1n) is 7.15. The van der Waals surface area contributed by atoms with E-state index >= 15 is 0 Å². The normalized spacial score (nSPS) is 24.1. The molecule has 2 rings (SSSR count). The van der Waals surface area contributed by atoms with Gasteiger partial charge in [0.15, 0.2) is 0 Å². The maximum absolute atomic E-state index is 9.89. The predicted octanol–water partition coefficient (Wildman–Crippen LogP) is 3.72. The second-order valence-electron chi connectivity index (χ2n) is 6.59. The fraction of sp³-hybridized carbons (Fsp3) is 0.625. The van der Waals surface area contributed by atoms with Crippen molar-refractivity contribution in [3.8, 4) is 11.5 Å². The second kappa shape index (κ2) is 5.41. The van der Waals surface area contributed by atoms with Gasteiger partial charge in [-0.1, -0.05) is 26.3 Å². The third-order valence-electron chi connectivity index (χ3n) is 4.17. The average Bonchev–Trinajstić information content (AvgIpc) is 2.27. The van der Waals surface area contributed by atoms with Crippen LogP contribution in [0.15, 0.2) is 18.2 Å². The molecule has 1 fully saturated rings. The topological polar surface area (TPSA) is 52.5 Å². The minimum absolute atomic E-state index is 0.0968. The molecule has 0 saturated heterocycles. The summed E-state index contributed by atoms with van der Waals surface area (Å²) in [6.07, 6.45) is 4.94. The van der Waals surface area contributed by atoms with Gasteiger partial charge in [-0.25, -0.2) is 0 Å². The van der Waals surface area contributed by atoms with Gasteiger partial charge in [0.2, 0.25) is 0 Å². The fourth-order valence-corrected chi connectivity index (χ4v) is 3.18. The molecule has 3 nitrogen and oxygen atoms in total. The van der Waals surface area contributed by atoms with Crippen LogP contribution in [0.4, 0.5) is 0 Å². The van der Waals surface area contributed by atoms with E-state index < -0.39 is 0 Å². The Kier molecular flexibility index (Phi) is 4.04. The molecule has 0 heterocycles. The van der Waals surface area contributed by atoms with Crippen molar-refractivity contribution in [2.45, 2.75) is 58.5 Å². The number of nitrogens with one attached hydrogen (secondary N) is 1. The molecule has 0 aromatic heterocycles. The molecule has 1 aliphatic carbocycles. The summed E-state index contributed by atoms with van der Waals surface area (Å²) in [5.41, 5.74) is 1.26. The molecule has 0 spiro atoms. The first-order valence-corrected chi connectivity index (χ1v) is 7.15. The van der Waals surface area contributed by atoms with Crippen LogP contribution in [0.3, 0.4) is 0 Å². The summed E-state index contributed by atoms with van der Waals surface area (Å²) in [6.45, 7) is 6.71. The van der Waals surface area contributed by atoms with E-state index in [9.17, 15) is 10.2 Å². The van der Waals surface area contributed by atoms with Crippen molar-refractivity contribution >= 4 is 0 Å². The van der Waals surface area contributed by atoms with Gasteiger partial charge < -0.3 is 15.5 Å². The van der Waals surface area contributed by atoms with Crippen LogP contribution < -0.4 is 5.32 Å². The Bertz CT molecular complexity index is 442. The maximum Gasteiger partial charge on any atom is 0.124 e. The van der Waals surface area contributed by atoms with Crippen LogP contribution >= 0.6 is 0 Å². The van der Waals surface area contributed by atoms with E-state index in [-0.39, 0.29) is 17.5 Å². The third-order valence-corrected chi connectivity index (χ3v) is 4.17. The number of hydrogen-bond donors (Lipinski definition) is 3. The molecule has 19 heavy (non-hydrogen) atoms. The number of rotatable bonds is 3. The molecule has 1 aromatic rings. The summed E-state index contributed by atoms with van der Waals surface area (Å²) < 4.78 is 0. The highest BCUT2D eigenvalue weighted by molar-refractivity contribution is 5.40. The van der Waals surface area contributed by atoms with E-state index in [1.54, 1.807) is 12.1 Å². The lowest BCUT2D eigenvalue weighted by Gasteiger charge is -2.37. The summed E-state index contributed by atoms with van der Waals surface area (Å²) in [5.74, 6) is 0.266. The molecule has 0 radical (unpaired) electrons. The number of phenols is 2. The molecular formula is C16H25NO2. The molecule has 3 heteroatoms. The number of benzene rings is 1. The summed E-state index contributed by atoms with van der Waals surface area (Å²) in [6, 6.07) is 5.42. The van der Waals surface area contributed by atoms with E-state index in [0.29, 0.717) is 11.5 Å². The van der Waals surface area contributed by atoms with E-state index in [1.165, 1.54) is 31.7 Å². The van der Waals surface area contributed by atoms with E-state index in [2.05, 4.69) is 26.1 Å². The third kappa shape index (κ3) is 3.63. The van der Waals surface area contributed by atoms with Crippen molar-refractivity contribution in [3.63, 3.8) is 0 Å². The minimum atomic E-state index is 0.0968. The Balaban J connectivity index is 2.02. The average molecular weight is 263 g/mol. The molecule has 0 aliphatic heterocycles. The summed E-state index contributed by atoms with van der Waals surface area (Å²) in [5, 5.41) is 22.8. The van der Waals surface area contributed by atoms with Gasteiger partial charge in [0.25, 0.3) is 0 Å². The van der Waals surface area contributed by atoms with Gasteiger partial charge >= 0.3 is 0 Å². The largest absolute Gasteiger partial charge is 0.508 e. The highest BCUT2D eigenvalue weighted by Crippen LogP contribution is 2.36. The van der Waals surface area contributed by atoms with Gasteiger partial charge in [-0.15, -0.1) is 0 Å². The van der Waals surface area contributed by atoms with Crippen LogP contribution in [0.1, 0.15) is 58.1 Å². The molecule has 1 aromatic carbocycles. The second-order valence-corrected chi connectivity index (χ2v) is 6.59. The monoisotopic (exact) mass is 263 g/mol. The van der Waals surface area contributed by atoms with Crippen molar-refractivity contribution in [3.05, 3.63) is 23.8 Å². The summed E-state index contributed by atoms with van der Waals surface area (Å²) in [7, 11) is 0. The number of hydrogen-bond acceptors (Lipinski definition) is 3. The summed E-state index contributed by atoms with van der Waals surface area (Å²) in [4.78, 5) is 0. The predicted molar refractivity (Wildman–Crippen MR) is 77.4 cm³/mol. The van der Waals surface area contributed by atoms with Crippen molar-refractivity contribution in [1.29, 1.82) is 0 Å². The van der Waals surface area contributed by atoms with Gasteiger partial charge in [0, 0.05) is 23.7 Å².